The Labute approximate surface area is 110 Å². The van der Waals surface area contributed by atoms with E-state index >= 15 is 0 Å². The molecule has 2 rings (SSSR count). The second-order valence-electron chi connectivity index (χ2n) is 3.90. The molecule has 0 radical (unpaired) electrons. The van der Waals surface area contributed by atoms with Gasteiger partial charge in [0.1, 0.15) is 18.0 Å². The van der Waals surface area contributed by atoms with E-state index < -0.39 is 0 Å². The molecule has 0 fully saturated rings. The first-order valence-electron chi connectivity index (χ1n) is 5.64. The van der Waals surface area contributed by atoms with Gasteiger partial charge in [-0.1, -0.05) is 24.9 Å². The predicted molar refractivity (Wildman–Crippen MR) is 67.6 cm³/mol. The Bertz CT molecular complexity index is 611. The summed E-state index contributed by atoms with van der Waals surface area (Å²) in [6.45, 7) is 3.89. The highest BCUT2D eigenvalue weighted by molar-refractivity contribution is 6.31. The van der Waals surface area contributed by atoms with Crippen LogP contribution in [0.1, 0.15) is 30.3 Å². The van der Waals surface area contributed by atoms with Crippen LogP contribution in [0.4, 0.5) is 0 Å². The van der Waals surface area contributed by atoms with Crippen LogP contribution in [-0.4, -0.2) is 19.7 Å². The number of hydrogen-bond donors (Lipinski definition) is 0. The molecule has 2 aromatic heterocycles. The highest BCUT2D eigenvalue weighted by atomic mass is 35.5. The van der Waals surface area contributed by atoms with Gasteiger partial charge in [0.05, 0.1) is 5.69 Å². The zero-order valence-corrected chi connectivity index (χ0v) is 10.9. The lowest BCUT2D eigenvalue weighted by molar-refractivity contribution is 0.785. The van der Waals surface area contributed by atoms with Gasteiger partial charge in [-0.15, -0.1) is 0 Å². The Balaban J connectivity index is 2.56. The van der Waals surface area contributed by atoms with E-state index in [9.17, 15) is 0 Å². The van der Waals surface area contributed by atoms with Crippen LogP contribution in [0.5, 0.6) is 0 Å². The van der Waals surface area contributed by atoms with Crippen molar-refractivity contribution in [3.63, 3.8) is 0 Å². The molecule has 0 spiro atoms. The lowest BCUT2D eigenvalue weighted by atomic mass is 10.2. The molecule has 0 unspecified atom stereocenters. The molecule has 0 amide bonds. The molecular weight excluding hydrogens is 250 g/mol. The SMILES string of the molecule is CCCc1nn(-c2cc(C)ncn2)c(Cl)c1C#N. The summed E-state index contributed by atoms with van der Waals surface area (Å²) in [7, 11) is 0. The molecule has 0 saturated carbocycles. The van der Waals surface area contributed by atoms with Gasteiger partial charge < -0.3 is 0 Å². The maximum Gasteiger partial charge on any atom is 0.158 e. The van der Waals surface area contributed by atoms with Crippen molar-refractivity contribution < 1.29 is 0 Å². The Morgan fingerprint density at radius 3 is 2.83 bits per heavy atom. The summed E-state index contributed by atoms with van der Waals surface area (Å²) in [5.74, 6) is 0.575. The molecular formula is C12H12ClN5. The highest BCUT2D eigenvalue weighted by Gasteiger charge is 2.17. The number of halogens is 1. The summed E-state index contributed by atoms with van der Waals surface area (Å²) in [6.07, 6.45) is 3.08. The molecule has 2 aromatic rings. The van der Waals surface area contributed by atoms with Crippen molar-refractivity contribution in [1.29, 1.82) is 5.26 Å². The third kappa shape index (κ3) is 2.20. The third-order valence-electron chi connectivity index (χ3n) is 2.51. The summed E-state index contributed by atoms with van der Waals surface area (Å²) in [6, 6.07) is 3.87. The van der Waals surface area contributed by atoms with Crippen LogP contribution in [0.3, 0.4) is 0 Å². The highest BCUT2D eigenvalue weighted by Crippen LogP contribution is 2.23. The van der Waals surface area contributed by atoms with Crippen molar-refractivity contribution in [3.05, 3.63) is 34.5 Å². The van der Waals surface area contributed by atoms with Crippen molar-refractivity contribution >= 4 is 11.6 Å². The number of nitrogens with zero attached hydrogens (tertiary/aromatic N) is 5. The van der Waals surface area contributed by atoms with Crippen LogP contribution in [0.15, 0.2) is 12.4 Å². The Kier molecular flexibility index (Phi) is 3.58. The zero-order chi connectivity index (χ0) is 13.1. The smallest absolute Gasteiger partial charge is 0.158 e. The zero-order valence-electron chi connectivity index (χ0n) is 10.2. The first kappa shape index (κ1) is 12.5. The van der Waals surface area contributed by atoms with Crippen LogP contribution in [0, 0.1) is 18.3 Å². The lowest BCUT2D eigenvalue weighted by Crippen LogP contribution is -2.01. The Hall–Kier alpha value is -1.93. The minimum atomic E-state index is 0.305. The van der Waals surface area contributed by atoms with Crippen molar-refractivity contribution in [2.45, 2.75) is 26.7 Å². The number of aromatic nitrogens is 4. The van der Waals surface area contributed by atoms with Crippen LogP contribution in [0.2, 0.25) is 5.15 Å². The lowest BCUT2D eigenvalue weighted by Gasteiger charge is -2.01. The van der Waals surface area contributed by atoms with Crippen molar-refractivity contribution in [2.75, 3.05) is 0 Å². The van der Waals surface area contributed by atoms with Crippen LogP contribution in [0.25, 0.3) is 5.82 Å². The van der Waals surface area contributed by atoms with E-state index in [4.69, 9.17) is 16.9 Å². The largest absolute Gasteiger partial charge is 0.242 e. The molecule has 0 aromatic carbocycles. The molecule has 2 heterocycles. The van der Waals surface area contributed by atoms with E-state index in [1.165, 1.54) is 11.0 Å². The molecule has 0 bridgehead atoms. The molecule has 5 nitrogen and oxygen atoms in total. The topological polar surface area (TPSA) is 67.4 Å². The van der Waals surface area contributed by atoms with Crippen LogP contribution >= 0.6 is 11.6 Å². The molecule has 0 aliphatic carbocycles. The molecule has 0 atom stereocenters. The fourth-order valence-electron chi connectivity index (χ4n) is 1.67. The summed E-state index contributed by atoms with van der Waals surface area (Å²) in [4.78, 5) is 8.14. The van der Waals surface area contributed by atoms with Crippen LogP contribution < -0.4 is 0 Å². The summed E-state index contributed by atoms with van der Waals surface area (Å²) < 4.78 is 1.49. The van der Waals surface area contributed by atoms with Crippen molar-refractivity contribution in [2.24, 2.45) is 0 Å². The van der Waals surface area contributed by atoms with Crippen molar-refractivity contribution in [3.8, 4) is 11.9 Å². The first-order valence-corrected chi connectivity index (χ1v) is 6.01. The van der Waals surface area contributed by atoms with E-state index in [0.717, 1.165) is 18.5 Å². The van der Waals surface area contributed by atoms with Gasteiger partial charge in [0.15, 0.2) is 11.0 Å². The molecule has 6 heteroatoms. The average molecular weight is 262 g/mol. The van der Waals surface area contributed by atoms with E-state index in [1.807, 2.05) is 13.8 Å². The van der Waals surface area contributed by atoms with Gasteiger partial charge in [0.25, 0.3) is 0 Å². The van der Waals surface area contributed by atoms with Gasteiger partial charge in [-0.2, -0.15) is 10.4 Å². The van der Waals surface area contributed by atoms with Crippen LogP contribution in [-0.2, 0) is 6.42 Å². The molecule has 0 aliphatic rings. The van der Waals surface area contributed by atoms with Gasteiger partial charge in [-0.3, -0.25) is 0 Å². The van der Waals surface area contributed by atoms with E-state index in [1.54, 1.807) is 6.07 Å². The summed E-state index contributed by atoms with van der Waals surface area (Å²) >= 11 is 6.17. The number of nitriles is 1. The van der Waals surface area contributed by atoms with Crippen molar-refractivity contribution in [1.82, 2.24) is 19.7 Å². The maximum absolute atomic E-state index is 9.12. The van der Waals surface area contributed by atoms with E-state index in [0.29, 0.717) is 22.2 Å². The second kappa shape index (κ2) is 5.15. The minimum Gasteiger partial charge on any atom is -0.242 e. The standard InChI is InChI=1S/C12H12ClN5/c1-3-4-10-9(6-14)12(13)18(17-10)11-5-8(2)15-7-16-11/h5,7H,3-4H2,1-2H3. The Morgan fingerprint density at radius 2 is 2.22 bits per heavy atom. The van der Waals surface area contributed by atoms with Gasteiger partial charge in [-0.25, -0.2) is 14.6 Å². The first-order chi connectivity index (χ1) is 8.67. The van der Waals surface area contributed by atoms with Gasteiger partial charge in [-0.05, 0) is 13.3 Å². The number of hydrogen-bond acceptors (Lipinski definition) is 4. The van der Waals surface area contributed by atoms with Gasteiger partial charge in [0.2, 0.25) is 0 Å². The third-order valence-corrected chi connectivity index (χ3v) is 2.86. The quantitative estimate of drug-likeness (QED) is 0.851. The summed E-state index contributed by atoms with van der Waals surface area (Å²) in [5, 5.41) is 13.8. The molecule has 92 valence electrons. The normalized spacial score (nSPS) is 10.3. The number of rotatable bonds is 3. The number of aryl methyl sites for hydroxylation is 2. The Morgan fingerprint density at radius 1 is 1.44 bits per heavy atom. The van der Waals surface area contributed by atoms with Gasteiger partial charge in [0, 0.05) is 11.8 Å². The van der Waals surface area contributed by atoms with Gasteiger partial charge >= 0.3 is 0 Å². The second-order valence-corrected chi connectivity index (χ2v) is 4.26. The predicted octanol–water partition coefficient (Wildman–Crippen LogP) is 2.45. The van der Waals surface area contributed by atoms with E-state index in [2.05, 4.69) is 21.1 Å². The maximum atomic E-state index is 9.12. The average Bonchev–Trinajstić information content (AvgIpc) is 2.66. The fourth-order valence-corrected chi connectivity index (χ4v) is 1.95. The molecule has 0 N–H and O–H groups in total. The van der Waals surface area contributed by atoms with E-state index in [-0.39, 0.29) is 0 Å². The molecule has 18 heavy (non-hydrogen) atoms. The molecule has 0 saturated heterocycles. The fraction of sp³-hybridized carbons (Fsp3) is 0.333. The summed E-state index contributed by atoms with van der Waals surface area (Å²) in [5.41, 5.74) is 1.96. The molecule has 0 aliphatic heterocycles. The monoisotopic (exact) mass is 261 g/mol. The minimum absolute atomic E-state index is 0.305.